The van der Waals surface area contributed by atoms with Crippen molar-refractivity contribution in [3.8, 4) is 0 Å². The molecular weight excluding hydrogens is 282 g/mol. The van der Waals surface area contributed by atoms with Gasteiger partial charge in [-0.3, -0.25) is 4.79 Å². The smallest absolute Gasteiger partial charge is 0.322 e. The van der Waals surface area contributed by atoms with Crippen LogP contribution in [-0.4, -0.2) is 45.9 Å². The van der Waals surface area contributed by atoms with Gasteiger partial charge in [0.25, 0.3) is 10.0 Å². The summed E-state index contributed by atoms with van der Waals surface area (Å²) in [7, 11) is -3.79. The van der Waals surface area contributed by atoms with E-state index in [2.05, 4.69) is 4.98 Å². The minimum absolute atomic E-state index is 0.137. The van der Waals surface area contributed by atoms with Gasteiger partial charge in [0, 0.05) is 19.5 Å². The van der Waals surface area contributed by atoms with Crippen LogP contribution in [0.15, 0.2) is 11.2 Å². The van der Waals surface area contributed by atoms with E-state index in [4.69, 9.17) is 0 Å². The lowest BCUT2D eigenvalue weighted by atomic mass is 10.1. The molecule has 8 heteroatoms. The highest BCUT2D eigenvalue weighted by Gasteiger charge is 2.39. The third kappa shape index (κ3) is 2.03. The molecule has 1 unspecified atom stereocenters. The summed E-state index contributed by atoms with van der Waals surface area (Å²) in [4.78, 5) is 15.4. The predicted octanol–water partition coefficient (Wildman–Crippen LogP) is 0.457. The zero-order valence-corrected chi connectivity index (χ0v) is 11.8. The Labute approximate surface area is 117 Å². The molecule has 1 aromatic rings. The molecule has 0 radical (unpaired) electrons. The monoisotopic (exact) mass is 299 g/mol. The van der Waals surface area contributed by atoms with E-state index < -0.39 is 22.0 Å². The normalized spacial score (nSPS) is 23.7. The third-order valence-electron chi connectivity index (χ3n) is 4.00. The molecule has 0 aliphatic carbocycles. The molecule has 3 heterocycles. The van der Waals surface area contributed by atoms with Gasteiger partial charge in [0.05, 0.1) is 6.20 Å². The van der Waals surface area contributed by atoms with Crippen molar-refractivity contribution in [1.29, 1.82) is 0 Å². The molecule has 0 spiro atoms. The van der Waals surface area contributed by atoms with Gasteiger partial charge in [0.2, 0.25) is 0 Å². The number of hydrogen-bond donors (Lipinski definition) is 1. The lowest BCUT2D eigenvalue weighted by molar-refractivity contribution is -0.142. The van der Waals surface area contributed by atoms with E-state index in [1.807, 2.05) is 0 Å². The highest BCUT2D eigenvalue weighted by Crippen LogP contribution is 2.28. The van der Waals surface area contributed by atoms with Crippen LogP contribution in [0.5, 0.6) is 0 Å². The topological polar surface area (TPSA) is 92.5 Å². The van der Waals surface area contributed by atoms with E-state index >= 15 is 0 Å². The van der Waals surface area contributed by atoms with E-state index in [0.717, 1.165) is 29.4 Å². The maximum atomic E-state index is 12.7. The minimum atomic E-state index is -3.79. The van der Waals surface area contributed by atoms with Crippen molar-refractivity contribution in [2.75, 3.05) is 6.54 Å². The number of rotatable bonds is 3. The number of sulfonamides is 1. The number of piperidine rings is 1. The first-order valence-corrected chi connectivity index (χ1v) is 8.25. The highest BCUT2D eigenvalue weighted by atomic mass is 32.2. The summed E-state index contributed by atoms with van der Waals surface area (Å²) in [6.07, 6.45) is 4.83. The molecule has 0 saturated carbocycles. The van der Waals surface area contributed by atoms with Gasteiger partial charge in [-0.25, -0.2) is 13.4 Å². The summed E-state index contributed by atoms with van der Waals surface area (Å²) in [5, 5.41) is 9.37. The molecule has 7 nitrogen and oxygen atoms in total. The molecule has 1 aromatic heterocycles. The fraction of sp³-hybridized carbons (Fsp3) is 0.667. The average Bonchev–Trinajstić information content (AvgIpc) is 3.00. The second kappa shape index (κ2) is 4.85. The van der Waals surface area contributed by atoms with Crippen LogP contribution in [-0.2, 0) is 27.8 Å². The van der Waals surface area contributed by atoms with Crippen LogP contribution < -0.4 is 0 Å². The number of hydrogen-bond acceptors (Lipinski definition) is 4. The van der Waals surface area contributed by atoms with Gasteiger partial charge in [0.1, 0.15) is 11.9 Å². The summed E-state index contributed by atoms with van der Waals surface area (Å²) in [5.41, 5.74) is 0. The van der Waals surface area contributed by atoms with Crippen LogP contribution in [0.2, 0.25) is 0 Å². The molecule has 1 N–H and O–H groups in total. The van der Waals surface area contributed by atoms with E-state index in [1.54, 1.807) is 4.57 Å². The second-order valence-corrected chi connectivity index (χ2v) is 7.07. The number of nitrogens with zero attached hydrogens (tertiary/aromatic N) is 3. The second-order valence-electron chi connectivity index (χ2n) is 5.23. The molecule has 2 aliphatic rings. The number of carbonyl (C=O) groups is 1. The molecule has 3 rings (SSSR count). The first kappa shape index (κ1) is 13.6. The lowest BCUT2D eigenvalue weighted by Crippen LogP contribution is -2.48. The molecular formula is C12H17N3O4S. The van der Waals surface area contributed by atoms with Crippen LogP contribution in [0.1, 0.15) is 31.5 Å². The fourth-order valence-corrected chi connectivity index (χ4v) is 4.80. The first-order valence-electron chi connectivity index (χ1n) is 6.81. The molecule has 20 heavy (non-hydrogen) atoms. The van der Waals surface area contributed by atoms with Gasteiger partial charge in [-0.15, -0.1) is 0 Å². The molecule has 1 fully saturated rings. The highest BCUT2D eigenvalue weighted by molar-refractivity contribution is 7.89. The Balaban J connectivity index is 2.00. The molecule has 110 valence electrons. The summed E-state index contributed by atoms with van der Waals surface area (Å²) in [6.45, 7) is 0.898. The lowest BCUT2D eigenvalue weighted by Gasteiger charge is -2.31. The maximum Gasteiger partial charge on any atom is 0.322 e. The fourth-order valence-electron chi connectivity index (χ4n) is 3.00. The van der Waals surface area contributed by atoms with Crippen molar-refractivity contribution in [3.05, 3.63) is 12.0 Å². The quantitative estimate of drug-likeness (QED) is 0.875. The average molecular weight is 299 g/mol. The maximum absolute atomic E-state index is 12.7. The Hall–Kier alpha value is -1.41. The first-order chi connectivity index (χ1) is 9.51. The Bertz CT molecular complexity index is 637. The van der Waals surface area contributed by atoms with Crippen LogP contribution in [0.3, 0.4) is 0 Å². The van der Waals surface area contributed by atoms with Crippen LogP contribution >= 0.6 is 0 Å². The van der Waals surface area contributed by atoms with Crippen molar-refractivity contribution in [1.82, 2.24) is 13.9 Å². The molecule has 0 amide bonds. The molecule has 2 aliphatic heterocycles. The van der Waals surface area contributed by atoms with Crippen LogP contribution in [0.25, 0.3) is 0 Å². The number of carboxylic acids is 1. The van der Waals surface area contributed by atoms with Gasteiger partial charge < -0.3 is 9.67 Å². The summed E-state index contributed by atoms with van der Waals surface area (Å²) >= 11 is 0. The van der Waals surface area contributed by atoms with E-state index in [0.29, 0.717) is 19.4 Å². The Morgan fingerprint density at radius 1 is 1.30 bits per heavy atom. The number of fused-ring (bicyclic) bond motifs is 1. The van der Waals surface area contributed by atoms with Crippen molar-refractivity contribution in [3.63, 3.8) is 0 Å². The van der Waals surface area contributed by atoms with Gasteiger partial charge in [0.15, 0.2) is 5.03 Å². The molecule has 1 atom stereocenters. The summed E-state index contributed by atoms with van der Waals surface area (Å²) < 4.78 is 28.3. The number of aliphatic carboxylic acids is 1. The molecule has 0 bridgehead atoms. The van der Waals surface area contributed by atoms with Gasteiger partial charge >= 0.3 is 5.97 Å². The number of carboxylic acid groups (broad SMARTS) is 1. The zero-order valence-electron chi connectivity index (χ0n) is 11.0. The SMILES string of the molecule is O=C(O)C1CCCCN1S(=O)(=O)c1cnc2n1CCC2. The molecule has 0 aromatic carbocycles. The number of aromatic nitrogens is 2. The van der Waals surface area contributed by atoms with Gasteiger partial charge in [-0.05, 0) is 25.7 Å². The minimum Gasteiger partial charge on any atom is -0.480 e. The van der Waals surface area contributed by atoms with Gasteiger partial charge in [-0.2, -0.15) is 4.31 Å². The third-order valence-corrected chi connectivity index (χ3v) is 5.90. The van der Waals surface area contributed by atoms with Crippen molar-refractivity contribution in [2.24, 2.45) is 0 Å². The van der Waals surface area contributed by atoms with Crippen molar-refractivity contribution < 1.29 is 18.3 Å². The standard InChI is InChI=1S/C12H17N3O4S/c16-12(17)9-4-1-2-7-15(9)20(18,19)11-8-13-10-5-3-6-14(10)11/h8-9H,1-7H2,(H,16,17). The van der Waals surface area contributed by atoms with Crippen LogP contribution in [0.4, 0.5) is 0 Å². The van der Waals surface area contributed by atoms with Crippen molar-refractivity contribution in [2.45, 2.75) is 49.7 Å². The zero-order chi connectivity index (χ0) is 14.3. The van der Waals surface area contributed by atoms with E-state index in [-0.39, 0.29) is 11.6 Å². The Kier molecular flexibility index (Phi) is 3.29. The number of imidazole rings is 1. The predicted molar refractivity (Wildman–Crippen MR) is 69.7 cm³/mol. The van der Waals surface area contributed by atoms with Crippen molar-refractivity contribution >= 4 is 16.0 Å². The van der Waals surface area contributed by atoms with Crippen LogP contribution in [0, 0.1) is 0 Å². The largest absolute Gasteiger partial charge is 0.480 e. The number of aryl methyl sites for hydroxylation is 1. The summed E-state index contributed by atoms with van der Waals surface area (Å²) in [5.74, 6) is -0.304. The van der Waals surface area contributed by atoms with Gasteiger partial charge in [-0.1, -0.05) is 0 Å². The van der Waals surface area contributed by atoms with E-state index in [9.17, 15) is 18.3 Å². The molecule has 1 saturated heterocycles. The Morgan fingerprint density at radius 2 is 2.10 bits per heavy atom. The van der Waals surface area contributed by atoms with E-state index in [1.165, 1.54) is 6.20 Å². The Morgan fingerprint density at radius 3 is 2.85 bits per heavy atom. The summed E-state index contributed by atoms with van der Waals surface area (Å²) in [6, 6.07) is -0.957.